The number of hydrogen-bond acceptors (Lipinski definition) is 4. The normalized spacial score (nSPS) is 37.5. The Bertz CT molecular complexity index is 391. The van der Waals surface area contributed by atoms with Crippen molar-refractivity contribution < 1.29 is 19.1 Å². The van der Waals surface area contributed by atoms with Gasteiger partial charge in [-0.2, -0.15) is 0 Å². The van der Waals surface area contributed by atoms with Crippen LogP contribution in [0.5, 0.6) is 0 Å². The summed E-state index contributed by atoms with van der Waals surface area (Å²) in [4.78, 5) is 23.3. The highest BCUT2D eigenvalue weighted by Gasteiger charge is 2.55. The molecule has 4 saturated carbocycles. The van der Waals surface area contributed by atoms with E-state index >= 15 is 0 Å². The maximum Gasteiger partial charge on any atom is 0.330 e. The predicted octanol–water partition coefficient (Wildman–Crippen LogP) is 2.48. The van der Waals surface area contributed by atoms with E-state index in [0.717, 1.165) is 43.1 Å². The summed E-state index contributed by atoms with van der Waals surface area (Å²) in [6, 6.07) is 0. The second-order valence-electron chi connectivity index (χ2n) is 6.71. The SMILES string of the molecule is C=CC(=O)OCCOC(=O)C12CC3CC(CC(C3)C1)C2. The molecule has 0 atom stereocenters. The van der Waals surface area contributed by atoms with E-state index in [1.165, 1.54) is 19.3 Å². The minimum Gasteiger partial charge on any atom is -0.462 e. The lowest BCUT2D eigenvalue weighted by molar-refractivity contribution is -0.173. The summed E-state index contributed by atoms with van der Waals surface area (Å²) in [5.74, 6) is 1.65. The molecule has 4 rings (SSSR count). The predicted molar refractivity (Wildman–Crippen MR) is 72.7 cm³/mol. The molecule has 4 heteroatoms. The van der Waals surface area contributed by atoms with Crippen molar-refractivity contribution in [3.8, 4) is 0 Å². The number of esters is 2. The van der Waals surface area contributed by atoms with Crippen molar-refractivity contribution in [1.29, 1.82) is 0 Å². The average Bonchev–Trinajstić information content (AvgIpc) is 2.41. The molecule has 0 aromatic rings. The van der Waals surface area contributed by atoms with Crippen molar-refractivity contribution in [3.05, 3.63) is 12.7 Å². The van der Waals surface area contributed by atoms with E-state index in [2.05, 4.69) is 6.58 Å². The van der Waals surface area contributed by atoms with Crippen LogP contribution >= 0.6 is 0 Å². The molecule has 0 saturated heterocycles. The molecule has 0 spiro atoms. The quantitative estimate of drug-likeness (QED) is 0.440. The average molecular weight is 278 g/mol. The maximum absolute atomic E-state index is 12.4. The van der Waals surface area contributed by atoms with Crippen molar-refractivity contribution in [2.75, 3.05) is 13.2 Å². The van der Waals surface area contributed by atoms with E-state index in [1.807, 2.05) is 0 Å². The molecule has 4 aliphatic rings. The molecule has 4 fully saturated rings. The van der Waals surface area contributed by atoms with Crippen molar-refractivity contribution >= 4 is 11.9 Å². The molecule has 0 aromatic heterocycles. The van der Waals surface area contributed by atoms with E-state index in [0.29, 0.717) is 0 Å². The fourth-order valence-corrected chi connectivity index (χ4v) is 4.85. The standard InChI is InChI=1S/C16H22O4/c1-2-14(17)19-3-4-20-15(18)16-8-11-5-12(9-16)7-13(6-11)10-16/h2,11-13H,1,3-10H2. The van der Waals surface area contributed by atoms with E-state index in [4.69, 9.17) is 9.47 Å². The van der Waals surface area contributed by atoms with Crippen LogP contribution in [0, 0.1) is 23.2 Å². The van der Waals surface area contributed by atoms with E-state index in [-0.39, 0.29) is 24.6 Å². The number of hydrogen-bond donors (Lipinski definition) is 0. The first-order valence-corrected chi connectivity index (χ1v) is 7.58. The number of carbonyl (C=O) groups excluding carboxylic acids is 2. The second-order valence-corrected chi connectivity index (χ2v) is 6.71. The summed E-state index contributed by atoms with van der Waals surface area (Å²) < 4.78 is 10.2. The second kappa shape index (κ2) is 5.23. The summed E-state index contributed by atoms with van der Waals surface area (Å²) in [7, 11) is 0. The van der Waals surface area contributed by atoms with E-state index in [1.54, 1.807) is 0 Å². The van der Waals surface area contributed by atoms with Crippen LogP contribution in [0.1, 0.15) is 38.5 Å². The first kappa shape index (κ1) is 13.7. The van der Waals surface area contributed by atoms with Gasteiger partial charge in [0.1, 0.15) is 13.2 Å². The highest BCUT2D eigenvalue weighted by atomic mass is 16.6. The lowest BCUT2D eigenvalue weighted by Gasteiger charge is -2.55. The van der Waals surface area contributed by atoms with Crippen LogP contribution in [0.2, 0.25) is 0 Å². The van der Waals surface area contributed by atoms with Crippen molar-refractivity contribution in [2.45, 2.75) is 38.5 Å². The summed E-state index contributed by atoms with van der Waals surface area (Å²) in [6.07, 6.45) is 8.05. The summed E-state index contributed by atoms with van der Waals surface area (Å²) >= 11 is 0. The van der Waals surface area contributed by atoms with Gasteiger partial charge in [0.05, 0.1) is 5.41 Å². The van der Waals surface area contributed by atoms with Gasteiger partial charge in [0.25, 0.3) is 0 Å². The van der Waals surface area contributed by atoms with Crippen molar-refractivity contribution in [2.24, 2.45) is 23.2 Å². The number of rotatable bonds is 5. The summed E-state index contributed by atoms with van der Waals surface area (Å²) in [6.45, 7) is 3.59. The van der Waals surface area contributed by atoms with Crippen LogP contribution < -0.4 is 0 Å². The highest BCUT2D eigenvalue weighted by molar-refractivity contribution is 5.81. The molecular weight excluding hydrogens is 256 g/mol. The van der Waals surface area contributed by atoms with Crippen LogP contribution in [0.25, 0.3) is 0 Å². The van der Waals surface area contributed by atoms with Crippen LogP contribution in [0.15, 0.2) is 12.7 Å². The topological polar surface area (TPSA) is 52.6 Å². The van der Waals surface area contributed by atoms with Gasteiger partial charge in [-0.3, -0.25) is 4.79 Å². The Balaban J connectivity index is 1.52. The monoisotopic (exact) mass is 278 g/mol. The Hall–Kier alpha value is -1.32. The van der Waals surface area contributed by atoms with E-state index < -0.39 is 5.97 Å². The Morgan fingerprint density at radius 1 is 1.00 bits per heavy atom. The van der Waals surface area contributed by atoms with Gasteiger partial charge < -0.3 is 9.47 Å². The fraction of sp³-hybridized carbons (Fsp3) is 0.750. The van der Waals surface area contributed by atoms with Gasteiger partial charge in [-0.15, -0.1) is 0 Å². The molecule has 4 nitrogen and oxygen atoms in total. The molecule has 0 amide bonds. The first-order valence-electron chi connectivity index (χ1n) is 7.58. The van der Waals surface area contributed by atoms with Crippen LogP contribution in [0.4, 0.5) is 0 Å². The zero-order chi connectivity index (χ0) is 14.2. The minimum absolute atomic E-state index is 0.0637. The third-order valence-electron chi connectivity index (χ3n) is 5.20. The van der Waals surface area contributed by atoms with Crippen LogP contribution in [-0.4, -0.2) is 25.2 Å². The molecule has 20 heavy (non-hydrogen) atoms. The van der Waals surface area contributed by atoms with Gasteiger partial charge in [0.2, 0.25) is 0 Å². The highest BCUT2D eigenvalue weighted by Crippen LogP contribution is 2.60. The molecule has 110 valence electrons. The third kappa shape index (κ3) is 2.48. The van der Waals surface area contributed by atoms with Gasteiger partial charge in [-0.25, -0.2) is 4.79 Å². The van der Waals surface area contributed by atoms with Crippen LogP contribution in [0.3, 0.4) is 0 Å². The van der Waals surface area contributed by atoms with Gasteiger partial charge in [-0.05, 0) is 56.3 Å². The third-order valence-corrected chi connectivity index (χ3v) is 5.20. The Morgan fingerprint density at radius 3 is 2.00 bits per heavy atom. The summed E-state index contributed by atoms with van der Waals surface area (Å²) in [5, 5.41) is 0. The lowest BCUT2D eigenvalue weighted by atomic mass is 9.49. The minimum atomic E-state index is -0.476. The molecule has 0 radical (unpaired) electrons. The molecular formula is C16H22O4. The molecule has 0 N–H and O–H groups in total. The molecule has 4 bridgehead atoms. The number of ether oxygens (including phenoxy) is 2. The maximum atomic E-state index is 12.4. The van der Waals surface area contributed by atoms with Gasteiger partial charge in [-0.1, -0.05) is 6.58 Å². The largest absolute Gasteiger partial charge is 0.462 e. The fourth-order valence-electron chi connectivity index (χ4n) is 4.85. The lowest BCUT2D eigenvalue weighted by Crippen LogP contribution is -2.50. The van der Waals surface area contributed by atoms with Crippen molar-refractivity contribution in [3.63, 3.8) is 0 Å². The molecule has 0 aliphatic heterocycles. The molecule has 0 aromatic carbocycles. The summed E-state index contributed by atoms with van der Waals surface area (Å²) in [5.41, 5.74) is -0.225. The zero-order valence-corrected chi connectivity index (χ0v) is 11.8. The van der Waals surface area contributed by atoms with Crippen LogP contribution in [-0.2, 0) is 19.1 Å². The first-order chi connectivity index (χ1) is 9.61. The smallest absolute Gasteiger partial charge is 0.330 e. The van der Waals surface area contributed by atoms with Gasteiger partial charge in [0, 0.05) is 6.08 Å². The van der Waals surface area contributed by atoms with E-state index in [9.17, 15) is 9.59 Å². The number of carbonyl (C=O) groups is 2. The molecule has 0 unspecified atom stereocenters. The molecule has 0 heterocycles. The Morgan fingerprint density at radius 2 is 1.50 bits per heavy atom. The van der Waals surface area contributed by atoms with Gasteiger partial charge in [0.15, 0.2) is 0 Å². The Labute approximate surface area is 119 Å². The zero-order valence-electron chi connectivity index (χ0n) is 11.8. The van der Waals surface area contributed by atoms with Crippen molar-refractivity contribution in [1.82, 2.24) is 0 Å². The van der Waals surface area contributed by atoms with Gasteiger partial charge >= 0.3 is 11.9 Å². The Kier molecular flexibility index (Phi) is 3.57. The molecule has 4 aliphatic carbocycles.